The molecule has 1 atom stereocenters. The van der Waals surface area contributed by atoms with Gasteiger partial charge in [-0.05, 0) is 26.7 Å². The van der Waals surface area contributed by atoms with Crippen molar-refractivity contribution in [2.24, 2.45) is 11.7 Å². The Hall–Kier alpha value is -0.550. The molecule has 1 unspecified atom stereocenters. The lowest BCUT2D eigenvalue weighted by Crippen LogP contribution is -2.44. The number of rotatable bonds is 7. The number of Topliss-reactive ketones (excluding diaryl/α,β-unsaturated/α-hetero) is 1. The van der Waals surface area contributed by atoms with Gasteiger partial charge in [-0.1, -0.05) is 13.8 Å². The predicted octanol–water partition coefficient (Wildman–Crippen LogP) is 1.19. The van der Waals surface area contributed by atoms with Crippen LogP contribution in [-0.4, -0.2) is 34.8 Å². The van der Waals surface area contributed by atoms with Crippen molar-refractivity contribution < 1.29 is 9.59 Å². The maximum Gasteiger partial charge on any atom is 0.230 e. The molecule has 0 heterocycles. The summed E-state index contributed by atoms with van der Waals surface area (Å²) in [6.07, 6.45) is 0. The monoisotopic (exact) mass is 260 g/mol. The number of hydrogen-bond acceptors (Lipinski definition) is 4. The molecule has 17 heavy (non-hydrogen) atoms. The summed E-state index contributed by atoms with van der Waals surface area (Å²) in [6.45, 7) is 9.18. The quantitative estimate of drug-likeness (QED) is 0.721. The van der Waals surface area contributed by atoms with Gasteiger partial charge in [-0.2, -0.15) is 11.8 Å². The molecule has 5 heteroatoms. The van der Waals surface area contributed by atoms with E-state index in [-0.39, 0.29) is 29.2 Å². The Bertz CT molecular complexity index is 272. The molecule has 0 aromatic rings. The van der Waals surface area contributed by atoms with Gasteiger partial charge in [0.05, 0.1) is 11.8 Å². The van der Waals surface area contributed by atoms with E-state index in [1.54, 1.807) is 0 Å². The molecule has 0 radical (unpaired) electrons. The molecule has 0 aromatic carbocycles. The number of carbonyl (C=O) groups excluding carboxylic acids is 2. The zero-order chi connectivity index (χ0) is 13.6. The first kappa shape index (κ1) is 16.4. The maximum atomic E-state index is 11.6. The minimum Gasteiger partial charge on any atom is -0.345 e. The highest BCUT2D eigenvalue weighted by Gasteiger charge is 2.20. The highest BCUT2D eigenvalue weighted by Crippen LogP contribution is 2.10. The molecule has 0 aliphatic carbocycles. The fourth-order valence-electron chi connectivity index (χ4n) is 1.36. The summed E-state index contributed by atoms with van der Waals surface area (Å²) in [5.74, 6) is 1.07. The highest BCUT2D eigenvalue weighted by atomic mass is 32.2. The largest absolute Gasteiger partial charge is 0.345 e. The van der Waals surface area contributed by atoms with E-state index in [4.69, 9.17) is 5.73 Å². The summed E-state index contributed by atoms with van der Waals surface area (Å²) in [6, 6.07) is -0.381. The van der Waals surface area contributed by atoms with Gasteiger partial charge in [-0.15, -0.1) is 0 Å². The Kier molecular flexibility index (Phi) is 6.78. The fraction of sp³-hybridized carbons (Fsp3) is 0.833. The molecular weight excluding hydrogens is 236 g/mol. The number of ketones is 1. The van der Waals surface area contributed by atoms with Gasteiger partial charge in [-0.25, -0.2) is 0 Å². The molecule has 0 fully saturated rings. The van der Waals surface area contributed by atoms with Crippen molar-refractivity contribution in [1.82, 2.24) is 5.32 Å². The average Bonchev–Trinajstić information content (AvgIpc) is 2.10. The van der Waals surface area contributed by atoms with Gasteiger partial charge in [-0.3, -0.25) is 9.59 Å². The standard InChI is InChI=1S/C12H24N2O2S/c1-8(2)11(9(3)15)14-10(16)6-17-7-12(4,5)13/h8,11H,6-7,13H2,1-5H3,(H,14,16). The SMILES string of the molecule is CC(=O)C(NC(=O)CSCC(C)(C)N)C(C)C. The fourth-order valence-corrected chi connectivity index (χ4v) is 2.26. The minimum atomic E-state index is -0.381. The van der Waals surface area contributed by atoms with Crippen molar-refractivity contribution in [3.05, 3.63) is 0 Å². The molecule has 0 aliphatic rings. The first-order valence-corrected chi connectivity index (χ1v) is 6.95. The second-order valence-corrected chi connectivity index (χ2v) is 6.37. The van der Waals surface area contributed by atoms with E-state index in [2.05, 4.69) is 5.32 Å². The van der Waals surface area contributed by atoms with Crippen molar-refractivity contribution in [2.75, 3.05) is 11.5 Å². The Labute approximate surface area is 108 Å². The zero-order valence-corrected chi connectivity index (χ0v) is 12.2. The number of hydrogen-bond donors (Lipinski definition) is 2. The van der Waals surface area contributed by atoms with Gasteiger partial charge in [0.2, 0.25) is 5.91 Å². The van der Waals surface area contributed by atoms with E-state index in [1.165, 1.54) is 18.7 Å². The summed E-state index contributed by atoms with van der Waals surface area (Å²) in [5, 5.41) is 2.75. The van der Waals surface area contributed by atoms with Crippen LogP contribution in [-0.2, 0) is 9.59 Å². The topological polar surface area (TPSA) is 72.2 Å². The van der Waals surface area contributed by atoms with Gasteiger partial charge in [0, 0.05) is 11.3 Å². The second-order valence-electron chi connectivity index (χ2n) is 5.38. The summed E-state index contributed by atoms with van der Waals surface area (Å²) in [5.41, 5.74) is 5.54. The smallest absolute Gasteiger partial charge is 0.230 e. The summed E-state index contributed by atoms with van der Waals surface area (Å²) >= 11 is 1.49. The van der Waals surface area contributed by atoms with Crippen molar-refractivity contribution in [1.29, 1.82) is 0 Å². The number of amides is 1. The number of nitrogens with two attached hydrogens (primary N) is 1. The van der Waals surface area contributed by atoms with Gasteiger partial charge in [0.1, 0.15) is 0 Å². The van der Waals surface area contributed by atoms with E-state index in [0.717, 1.165) is 0 Å². The zero-order valence-electron chi connectivity index (χ0n) is 11.4. The second kappa shape index (κ2) is 7.01. The highest BCUT2D eigenvalue weighted by molar-refractivity contribution is 8.00. The Balaban J connectivity index is 4.04. The van der Waals surface area contributed by atoms with Gasteiger partial charge in [0.25, 0.3) is 0 Å². The molecule has 4 nitrogen and oxygen atoms in total. The molecule has 0 rings (SSSR count). The molecule has 0 saturated heterocycles. The van der Waals surface area contributed by atoms with Gasteiger partial charge < -0.3 is 11.1 Å². The van der Waals surface area contributed by atoms with Gasteiger partial charge >= 0.3 is 0 Å². The van der Waals surface area contributed by atoms with E-state index < -0.39 is 0 Å². The van der Waals surface area contributed by atoms with Crippen LogP contribution in [0.1, 0.15) is 34.6 Å². The molecule has 0 aliphatic heterocycles. The minimum absolute atomic E-state index is 0.00231. The van der Waals surface area contributed by atoms with Crippen molar-refractivity contribution >= 4 is 23.5 Å². The van der Waals surface area contributed by atoms with E-state index in [1.807, 2.05) is 27.7 Å². The van der Waals surface area contributed by atoms with Crippen LogP contribution in [0.2, 0.25) is 0 Å². The number of carbonyl (C=O) groups is 2. The van der Waals surface area contributed by atoms with Crippen molar-refractivity contribution in [3.8, 4) is 0 Å². The van der Waals surface area contributed by atoms with Crippen LogP contribution in [0.3, 0.4) is 0 Å². The Morgan fingerprint density at radius 1 is 1.35 bits per heavy atom. The average molecular weight is 260 g/mol. The first-order valence-electron chi connectivity index (χ1n) is 5.80. The van der Waals surface area contributed by atoms with Gasteiger partial charge in [0.15, 0.2) is 5.78 Å². The van der Waals surface area contributed by atoms with Crippen molar-refractivity contribution in [3.63, 3.8) is 0 Å². The molecular formula is C12H24N2O2S. The van der Waals surface area contributed by atoms with Crippen LogP contribution < -0.4 is 11.1 Å². The Morgan fingerprint density at radius 2 is 1.88 bits per heavy atom. The molecule has 0 bridgehead atoms. The molecule has 0 spiro atoms. The number of nitrogens with one attached hydrogen (secondary N) is 1. The van der Waals surface area contributed by atoms with Crippen LogP contribution in [0, 0.1) is 5.92 Å². The molecule has 3 N–H and O–H groups in total. The lowest BCUT2D eigenvalue weighted by Gasteiger charge is -2.20. The van der Waals surface area contributed by atoms with Crippen LogP contribution in [0.25, 0.3) is 0 Å². The Morgan fingerprint density at radius 3 is 2.24 bits per heavy atom. The summed E-state index contributed by atoms with van der Waals surface area (Å²) in [4.78, 5) is 22.9. The van der Waals surface area contributed by atoms with Crippen LogP contribution in [0.15, 0.2) is 0 Å². The molecule has 0 saturated carbocycles. The third kappa shape index (κ3) is 8.21. The van der Waals surface area contributed by atoms with E-state index in [0.29, 0.717) is 11.5 Å². The maximum absolute atomic E-state index is 11.6. The number of thioether (sulfide) groups is 1. The first-order chi connectivity index (χ1) is 7.63. The molecule has 1 amide bonds. The summed E-state index contributed by atoms with van der Waals surface area (Å²) in [7, 11) is 0. The third-order valence-electron chi connectivity index (χ3n) is 2.13. The molecule has 100 valence electrons. The van der Waals surface area contributed by atoms with E-state index >= 15 is 0 Å². The normalized spacial score (nSPS) is 13.6. The van der Waals surface area contributed by atoms with Crippen LogP contribution >= 0.6 is 11.8 Å². The predicted molar refractivity (Wildman–Crippen MR) is 73.0 cm³/mol. The summed E-state index contributed by atoms with van der Waals surface area (Å²) < 4.78 is 0. The van der Waals surface area contributed by atoms with E-state index in [9.17, 15) is 9.59 Å². The van der Waals surface area contributed by atoms with Crippen LogP contribution in [0.4, 0.5) is 0 Å². The lowest BCUT2D eigenvalue weighted by molar-refractivity contribution is -0.126. The van der Waals surface area contributed by atoms with Crippen LogP contribution in [0.5, 0.6) is 0 Å². The third-order valence-corrected chi connectivity index (χ3v) is 3.54. The van der Waals surface area contributed by atoms with Crippen molar-refractivity contribution in [2.45, 2.75) is 46.2 Å². The molecule has 0 aromatic heterocycles. The lowest BCUT2D eigenvalue weighted by atomic mass is 10.0.